The summed E-state index contributed by atoms with van der Waals surface area (Å²) in [4.78, 5) is 23.0. The molecule has 110 valence electrons. The van der Waals surface area contributed by atoms with Crippen molar-refractivity contribution in [2.75, 3.05) is 0 Å². The van der Waals surface area contributed by atoms with Gasteiger partial charge in [0.15, 0.2) is 0 Å². The molecule has 5 heteroatoms. The van der Waals surface area contributed by atoms with E-state index in [1.54, 1.807) is 19.1 Å². The Labute approximate surface area is 122 Å². The summed E-state index contributed by atoms with van der Waals surface area (Å²) in [5.74, 6) is -2.87. The second-order valence-corrected chi connectivity index (χ2v) is 4.86. The molecule has 0 saturated heterocycles. The predicted molar refractivity (Wildman–Crippen MR) is 78.3 cm³/mol. The Morgan fingerprint density at radius 3 is 2.14 bits per heavy atom. The van der Waals surface area contributed by atoms with E-state index in [1.807, 2.05) is 25.1 Å². The number of nitrogens with one attached hydrogen (secondary N) is 1. The summed E-state index contributed by atoms with van der Waals surface area (Å²) in [6.45, 7) is 3.46. The molecule has 1 aromatic rings. The van der Waals surface area contributed by atoms with E-state index in [0.29, 0.717) is 17.8 Å². The number of rotatable bonds is 4. The minimum atomic E-state index is -1.11. The van der Waals surface area contributed by atoms with Crippen LogP contribution in [0.3, 0.4) is 0 Å². The van der Waals surface area contributed by atoms with Crippen LogP contribution in [-0.4, -0.2) is 22.2 Å². The van der Waals surface area contributed by atoms with Gasteiger partial charge in [0.25, 0.3) is 0 Å². The zero-order chi connectivity index (χ0) is 15.6. The highest BCUT2D eigenvalue weighted by Crippen LogP contribution is 2.34. The number of allylic oxidation sites excluding steroid dienone is 1. The highest BCUT2D eigenvalue weighted by molar-refractivity contribution is 6.02. The zero-order valence-electron chi connectivity index (χ0n) is 11.9. The van der Waals surface area contributed by atoms with Crippen molar-refractivity contribution in [3.8, 4) is 0 Å². The van der Waals surface area contributed by atoms with Gasteiger partial charge in [-0.2, -0.15) is 0 Å². The van der Waals surface area contributed by atoms with Gasteiger partial charge in [0.05, 0.1) is 16.8 Å². The summed E-state index contributed by atoms with van der Waals surface area (Å²) < 4.78 is 0. The number of hydrogen-bond acceptors (Lipinski definition) is 3. The maximum absolute atomic E-state index is 11.6. The molecular formula is C16H17NO4. The molecule has 0 aliphatic carbocycles. The summed E-state index contributed by atoms with van der Waals surface area (Å²) in [5, 5.41) is 21.8. The van der Waals surface area contributed by atoms with E-state index in [0.717, 1.165) is 5.56 Å². The SMILES string of the molecule is CCC1=C(C(=O)O)C(C)C(C(=O)O)=C(c2ccccc2)N1. The van der Waals surface area contributed by atoms with E-state index in [4.69, 9.17) is 0 Å². The average Bonchev–Trinajstić information content (AvgIpc) is 2.46. The summed E-state index contributed by atoms with van der Waals surface area (Å²) in [5.41, 5.74) is 1.96. The monoisotopic (exact) mass is 287 g/mol. The van der Waals surface area contributed by atoms with Crippen LogP contribution in [0.4, 0.5) is 0 Å². The predicted octanol–water partition coefficient (Wildman–Crippen LogP) is 2.47. The highest BCUT2D eigenvalue weighted by Gasteiger charge is 2.34. The quantitative estimate of drug-likeness (QED) is 0.792. The molecule has 0 radical (unpaired) electrons. The Balaban J connectivity index is 2.62. The first-order valence-electron chi connectivity index (χ1n) is 6.73. The van der Waals surface area contributed by atoms with Crippen molar-refractivity contribution in [2.24, 2.45) is 5.92 Å². The van der Waals surface area contributed by atoms with Crippen LogP contribution in [0.15, 0.2) is 47.2 Å². The molecule has 0 fully saturated rings. The molecule has 1 aliphatic rings. The lowest BCUT2D eigenvalue weighted by atomic mass is 9.84. The normalized spacial score (nSPS) is 18.5. The maximum atomic E-state index is 11.6. The molecule has 0 aromatic heterocycles. The Hall–Kier alpha value is -2.56. The number of benzene rings is 1. The maximum Gasteiger partial charge on any atom is 0.334 e. The summed E-state index contributed by atoms with van der Waals surface area (Å²) >= 11 is 0. The summed E-state index contributed by atoms with van der Waals surface area (Å²) in [6.07, 6.45) is 0.495. The number of carboxylic acids is 2. The van der Waals surface area contributed by atoms with Crippen molar-refractivity contribution in [3.63, 3.8) is 0 Å². The Morgan fingerprint density at radius 1 is 1.10 bits per heavy atom. The molecule has 1 aromatic carbocycles. The summed E-state index contributed by atoms with van der Waals surface area (Å²) in [7, 11) is 0. The molecule has 1 heterocycles. The van der Waals surface area contributed by atoms with Gasteiger partial charge in [-0.25, -0.2) is 9.59 Å². The number of dihydropyridines is 1. The van der Waals surface area contributed by atoms with Crippen molar-refractivity contribution in [1.29, 1.82) is 0 Å². The van der Waals surface area contributed by atoms with Gasteiger partial charge in [0.1, 0.15) is 0 Å². The molecule has 0 spiro atoms. The molecule has 1 atom stereocenters. The van der Waals surface area contributed by atoms with Gasteiger partial charge >= 0.3 is 11.9 Å². The lowest BCUT2D eigenvalue weighted by molar-refractivity contribution is -0.133. The molecule has 2 rings (SSSR count). The number of carboxylic acid groups (broad SMARTS) is 2. The van der Waals surface area contributed by atoms with E-state index in [9.17, 15) is 19.8 Å². The van der Waals surface area contributed by atoms with E-state index < -0.39 is 17.9 Å². The van der Waals surface area contributed by atoms with Gasteiger partial charge in [0, 0.05) is 11.6 Å². The zero-order valence-corrected chi connectivity index (χ0v) is 11.9. The van der Waals surface area contributed by atoms with Gasteiger partial charge in [0.2, 0.25) is 0 Å². The Bertz CT molecular complexity index is 644. The third-order valence-electron chi connectivity index (χ3n) is 3.61. The minimum absolute atomic E-state index is 0.0794. The molecule has 21 heavy (non-hydrogen) atoms. The van der Waals surface area contributed by atoms with Crippen molar-refractivity contribution < 1.29 is 19.8 Å². The van der Waals surface area contributed by atoms with E-state index in [-0.39, 0.29) is 11.1 Å². The fourth-order valence-corrected chi connectivity index (χ4v) is 2.63. The van der Waals surface area contributed by atoms with E-state index >= 15 is 0 Å². The van der Waals surface area contributed by atoms with Gasteiger partial charge < -0.3 is 15.5 Å². The first-order chi connectivity index (χ1) is 9.97. The van der Waals surface area contributed by atoms with E-state index in [1.165, 1.54) is 0 Å². The molecule has 0 amide bonds. The van der Waals surface area contributed by atoms with E-state index in [2.05, 4.69) is 5.32 Å². The largest absolute Gasteiger partial charge is 0.478 e. The van der Waals surface area contributed by atoms with Crippen LogP contribution >= 0.6 is 0 Å². The smallest absolute Gasteiger partial charge is 0.334 e. The first-order valence-corrected chi connectivity index (χ1v) is 6.73. The molecule has 3 N–H and O–H groups in total. The number of aliphatic carboxylic acids is 2. The Morgan fingerprint density at radius 2 is 1.67 bits per heavy atom. The fraction of sp³-hybridized carbons (Fsp3) is 0.250. The third kappa shape index (κ3) is 2.67. The standard InChI is InChI=1S/C16H17NO4/c1-3-11-12(15(18)19)9(2)13(16(20)21)14(17-11)10-7-5-4-6-8-10/h4-9,17H,3H2,1-2H3,(H,18,19)(H,20,21). The lowest BCUT2D eigenvalue weighted by Crippen LogP contribution is -2.31. The van der Waals surface area contributed by atoms with Crippen molar-refractivity contribution in [2.45, 2.75) is 20.3 Å². The first kappa shape index (κ1) is 14.8. The van der Waals surface area contributed by atoms with Gasteiger partial charge in [-0.15, -0.1) is 0 Å². The highest BCUT2D eigenvalue weighted by atomic mass is 16.4. The van der Waals surface area contributed by atoms with Crippen LogP contribution in [-0.2, 0) is 9.59 Å². The molecule has 1 aliphatic heterocycles. The number of hydrogen-bond donors (Lipinski definition) is 3. The summed E-state index contributed by atoms with van der Waals surface area (Å²) in [6, 6.07) is 9.08. The van der Waals surface area contributed by atoms with Crippen LogP contribution in [0.5, 0.6) is 0 Å². The number of carbonyl (C=O) groups is 2. The average molecular weight is 287 g/mol. The van der Waals surface area contributed by atoms with Crippen molar-refractivity contribution in [1.82, 2.24) is 5.32 Å². The third-order valence-corrected chi connectivity index (χ3v) is 3.61. The van der Waals surface area contributed by atoms with Gasteiger partial charge in [-0.05, 0) is 12.0 Å². The van der Waals surface area contributed by atoms with Crippen LogP contribution in [0.25, 0.3) is 5.70 Å². The fourth-order valence-electron chi connectivity index (χ4n) is 2.63. The van der Waals surface area contributed by atoms with Crippen LogP contribution in [0.1, 0.15) is 25.8 Å². The van der Waals surface area contributed by atoms with Crippen molar-refractivity contribution in [3.05, 3.63) is 52.7 Å². The molecule has 0 saturated carbocycles. The second kappa shape index (κ2) is 5.83. The molecule has 1 unspecified atom stereocenters. The van der Waals surface area contributed by atoms with Crippen molar-refractivity contribution >= 4 is 17.6 Å². The molecule has 5 nitrogen and oxygen atoms in total. The topological polar surface area (TPSA) is 86.6 Å². The molecular weight excluding hydrogens is 270 g/mol. The molecule has 0 bridgehead atoms. The van der Waals surface area contributed by atoms with Gasteiger partial charge in [-0.3, -0.25) is 0 Å². The van der Waals surface area contributed by atoms with Crippen LogP contribution < -0.4 is 5.32 Å². The van der Waals surface area contributed by atoms with Crippen LogP contribution in [0.2, 0.25) is 0 Å². The minimum Gasteiger partial charge on any atom is -0.478 e. The van der Waals surface area contributed by atoms with Crippen LogP contribution in [0, 0.1) is 5.92 Å². The lowest BCUT2D eigenvalue weighted by Gasteiger charge is -2.28. The second-order valence-electron chi connectivity index (χ2n) is 4.86. The Kier molecular flexibility index (Phi) is 4.12. The van der Waals surface area contributed by atoms with Gasteiger partial charge in [-0.1, -0.05) is 44.2 Å².